The second kappa shape index (κ2) is 8.09. The van der Waals surface area contributed by atoms with E-state index in [0.29, 0.717) is 0 Å². The van der Waals surface area contributed by atoms with E-state index < -0.39 is 0 Å². The van der Waals surface area contributed by atoms with Crippen LogP contribution in [0.2, 0.25) is 0 Å². The summed E-state index contributed by atoms with van der Waals surface area (Å²) in [6, 6.07) is 12.3. The predicted molar refractivity (Wildman–Crippen MR) is 110 cm³/mol. The lowest BCUT2D eigenvalue weighted by Gasteiger charge is -2.39. The van der Waals surface area contributed by atoms with Gasteiger partial charge in [0.25, 0.3) is 0 Å². The summed E-state index contributed by atoms with van der Waals surface area (Å²) in [5.74, 6) is 0.187. The highest BCUT2D eigenvalue weighted by Gasteiger charge is 2.30. The van der Waals surface area contributed by atoms with Gasteiger partial charge < -0.3 is 9.80 Å². The van der Waals surface area contributed by atoms with Crippen LogP contribution >= 0.6 is 0 Å². The van der Waals surface area contributed by atoms with Gasteiger partial charge in [-0.1, -0.05) is 29.8 Å². The van der Waals surface area contributed by atoms with E-state index in [1.165, 1.54) is 11.3 Å². The van der Waals surface area contributed by atoms with Crippen LogP contribution in [0.3, 0.4) is 0 Å². The van der Waals surface area contributed by atoms with Gasteiger partial charge in [0, 0.05) is 43.3 Å². The number of amides is 1. The third-order valence-electron chi connectivity index (χ3n) is 5.13. The molecule has 1 aliphatic rings. The number of rotatable bonds is 4. The van der Waals surface area contributed by atoms with Gasteiger partial charge in [0.1, 0.15) is 6.04 Å². The molecule has 1 atom stereocenters. The van der Waals surface area contributed by atoms with Crippen molar-refractivity contribution in [3.8, 4) is 0 Å². The molecule has 2 aromatic rings. The molecule has 0 radical (unpaired) electrons. The molecule has 0 saturated carbocycles. The highest BCUT2D eigenvalue weighted by Crippen LogP contribution is 2.24. The molecule has 1 saturated heterocycles. The molecule has 5 heteroatoms. The lowest BCUT2D eigenvalue weighted by Crippen LogP contribution is -2.51. The Morgan fingerprint density at radius 3 is 2.19 bits per heavy atom. The number of nitrogens with zero attached hydrogens (tertiary/aromatic N) is 4. The maximum Gasteiger partial charge on any atom is 0.244 e. The van der Waals surface area contributed by atoms with E-state index in [1.807, 2.05) is 49.9 Å². The van der Waals surface area contributed by atoms with Crippen molar-refractivity contribution in [1.82, 2.24) is 14.8 Å². The van der Waals surface area contributed by atoms with Gasteiger partial charge >= 0.3 is 0 Å². The third kappa shape index (κ3) is 4.48. The highest BCUT2D eigenvalue weighted by atomic mass is 16.2. The molecule has 27 heavy (non-hydrogen) atoms. The Kier molecular flexibility index (Phi) is 5.80. The summed E-state index contributed by atoms with van der Waals surface area (Å²) in [6.45, 7) is 9.31. The fourth-order valence-corrected chi connectivity index (χ4v) is 3.85. The minimum Gasteiger partial charge on any atom is -0.368 e. The first-order valence-electron chi connectivity index (χ1n) is 9.57. The Balaban J connectivity index is 1.71. The molecule has 144 valence electrons. The fraction of sp³-hybridized carbons (Fsp3) is 0.455. The maximum absolute atomic E-state index is 13.3. The number of likely N-dealkylation sites (N-methyl/N-ethyl adjacent to an activating group) is 1. The van der Waals surface area contributed by atoms with Gasteiger partial charge in [0.05, 0.1) is 0 Å². The summed E-state index contributed by atoms with van der Waals surface area (Å²) < 4.78 is 0. The van der Waals surface area contributed by atoms with Crippen LogP contribution in [0, 0.1) is 20.8 Å². The van der Waals surface area contributed by atoms with E-state index in [2.05, 4.69) is 41.1 Å². The van der Waals surface area contributed by atoms with Crippen LogP contribution in [0.25, 0.3) is 0 Å². The van der Waals surface area contributed by atoms with E-state index in [4.69, 9.17) is 0 Å². The Hall–Kier alpha value is -2.40. The molecule has 0 spiro atoms. The Bertz CT molecular complexity index is 789. The Morgan fingerprint density at radius 1 is 1.00 bits per heavy atom. The molecule has 0 N–H and O–H groups in total. The molecular formula is C22H30N4O. The third-order valence-corrected chi connectivity index (χ3v) is 5.13. The first-order valence-corrected chi connectivity index (χ1v) is 9.57. The van der Waals surface area contributed by atoms with Crippen LogP contribution in [-0.2, 0) is 4.79 Å². The topological polar surface area (TPSA) is 39.7 Å². The minimum atomic E-state index is -0.234. The number of carbonyl (C=O) groups excluding carboxylic acids is 1. The first kappa shape index (κ1) is 19.4. The molecule has 2 heterocycles. The summed E-state index contributed by atoms with van der Waals surface area (Å²) in [4.78, 5) is 24.1. The van der Waals surface area contributed by atoms with Crippen molar-refractivity contribution in [3.05, 3.63) is 58.9 Å². The fourth-order valence-electron chi connectivity index (χ4n) is 3.85. The summed E-state index contributed by atoms with van der Waals surface area (Å²) in [5, 5.41) is 0. The van der Waals surface area contributed by atoms with Crippen LogP contribution in [0.15, 0.2) is 36.4 Å². The molecule has 1 aromatic heterocycles. The maximum atomic E-state index is 13.3. The number of piperazine rings is 1. The largest absolute Gasteiger partial charge is 0.368 e. The summed E-state index contributed by atoms with van der Waals surface area (Å²) in [6.07, 6.45) is 0. The molecule has 0 aliphatic carbocycles. The van der Waals surface area contributed by atoms with Crippen molar-refractivity contribution in [2.24, 2.45) is 0 Å². The molecular weight excluding hydrogens is 336 g/mol. The quantitative estimate of drug-likeness (QED) is 0.834. The van der Waals surface area contributed by atoms with Gasteiger partial charge in [-0.3, -0.25) is 14.7 Å². The van der Waals surface area contributed by atoms with Crippen LogP contribution in [0.1, 0.15) is 28.6 Å². The molecule has 1 fully saturated rings. The van der Waals surface area contributed by atoms with E-state index in [9.17, 15) is 4.79 Å². The van der Waals surface area contributed by atoms with Gasteiger partial charge in [0.2, 0.25) is 5.91 Å². The molecule has 1 aromatic carbocycles. The van der Waals surface area contributed by atoms with Gasteiger partial charge in [-0.05, 0) is 52.6 Å². The van der Waals surface area contributed by atoms with Gasteiger partial charge in [0.15, 0.2) is 0 Å². The molecule has 1 aliphatic heterocycles. The van der Waals surface area contributed by atoms with E-state index in [1.54, 1.807) is 0 Å². The highest BCUT2D eigenvalue weighted by molar-refractivity contribution is 5.83. The Labute approximate surface area is 162 Å². The number of aromatic nitrogens is 1. The predicted octanol–water partition coefficient (Wildman–Crippen LogP) is 2.96. The van der Waals surface area contributed by atoms with E-state index in [-0.39, 0.29) is 11.9 Å². The van der Waals surface area contributed by atoms with Crippen molar-refractivity contribution >= 4 is 11.6 Å². The number of benzene rings is 1. The molecule has 5 nitrogen and oxygen atoms in total. The van der Waals surface area contributed by atoms with Crippen molar-refractivity contribution in [1.29, 1.82) is 0 Å². The normalized spacial score (nSPS) is 15.9. The van der Waals surface area contributed by atoms with Crippen LogP contribution in [0.5, 0.6) is 0 Å². The molecule has 1 amide bonds. The summed E-state index contributed by atoms with van der Waals surface area (Å²) >= 11 is 0. The van der Waals surface area contributed by atoms with E-state index >= 15 is 0 Å². The van der Waals surface area contributed by atoms with Crippen molar-refractivity contribution in [2.45, 2.75) is 26.8 Å². The summed E-state index contributed by atoms with van der Waals surface area (Å²) in [7, 11) is 3.95. The lowest BCUT2D eigenvalue weighted by atomic mass is 10.0. The SMILES string of the molecule is Cc1cccc([C@H](C(=O)N2CCN(c3cc(C)nc(C)c3)CC2)N(C)C)c1. The minimum absolute atomic E-state index is 0.187. The number of carbonyl (C=O) groups is 1. The zero-order chi connectivity index (χ0) is 19.6. The molecule has 0 bridgehead atoms. The zero-order valence-corrected chi connectivity index (χ0v) is 17.1. The zero-order valence-electron chi connectivity index (χ0n) is 17.1. The Morgan fingerprint density at radius 2 is 1.63 bits per heavy atom. The number of hydrogen-bond acceptors (Lipinski definition) is 4. The second-order valence-corrected chi connectivity index (χ2v) is 7.70. The average Bonchev–Trinajstić information content (AvgIpc) is 2.61. The first-order chi connectivity index (χ1) is 12.8. The van der Waals surface area contributed by atoms with E-state index in [0.717, 1.165) is 43.1 Å². The lowest BCUT2D eigenvalue weighted by molar-refractivity contribution is -0.136. The van der Waals surface area contributed by atoms with Gasteiger partial charge in [-0.15, -0.1) is 0 Å². The van der Waals surface area contributed by atoms with Crippen molar-refractivity contribution in [3.63, 3.8) is 0 Å². The molecule has 3 rings (SSSR count). The summed E-state index contributed by atoms with van der Waals surface area (Å²) in [5.41, 5.74) is 5.52. The second-order valence-electron chi connectivity index (χ2n) is 7.70. The monoisotopic (exact) mass is 366 g/mol. The van der Waals surface area contributed by atoms with Crippen LogP contribution in [-0.4, -0.2) is 61.0 Å². The average molecular weight is 367 g/mol. The van der Waals surface area contributed by atoms with Crippen molar-refractivity contribution in [2.75, 3.05) is 45.2 Å². The van der Waals surface area contributed by atoms with Crippen molar-refractivity contribution < 1.29 is 4.79 Å². The van der Waals surface area contributed by atoms with Crippen LogP contribution < -0.4 is 4.90 Å². The van der Waals surface area contributed by atoms with Gasteiger partial charge in [-0.2, -0.15) is 0 Å². The van der Waals surface area contributed by atoms with Gasteiger partial charge in [-0.25, -0.2) is 0 Å². The standard InChI is InChI=1S/C22H30N4O/c1-16-7-6-8-19(13-16)21(24(4)5)22(27)26-11-9-25(10-12-26)20-14-17(2)23-18(3)15-20/h6-8,13-15,21H,9-12H2,1-5H3/t21-/m1/s1. The number of aryl methyl sites for hydroxylation is 3. The number of pyridine rings is 1. The van der Waals surface area contributed by atoms with Crippen LogP contribution in [0.4, 0.5) is 5.69 Å². The smallest absolute Gasteiger partial charge is 0.244 e. The number of hydrogen-bond donors (Lipinski definition) is 0. The number of anilines is 1. The molecule has 0 unspecified atom stereocenters.